The number of carbonyl (C=O) groups excluding carboxylic acids is 1. The molecule has 4 rings (SSSR count). The highest BCUT2D eigenvalue weighted by Gasteiger charge is 2.25. The van der Waals surface area contributed by atoms with Crippen molar-refractivity contribution in [2.45, 2.75) is 25.4 Å². The van der Waals surface area contributed by atoms with Crippen LogP contribution in [0.5, 0.6) is 0 Å². The Kier molecular flexibility index (Phi) is 5.01. The molecule has 0 radical (unpaired) electrons. The molecule has 1 aliphatic rings. The van der Waals surface area contributed by atoms with Crippen LogP contribution in [0.1, 0.15) is 24.0 Å². The Labute approximate surface area is 170 Å². The Hall–Kier alpha value is -2.91. The zero-order valence-electron chi connectivity index (χ0n) is 15.0. The Bertz CT molecular complexity index is 1140. The van der Waals surface area contributed by atoms with Gasteiger partial charge in [0.1, 0.15) is 17.5 Å². The van der Waals surface area contributed by atoms with Crippen molar-refractivity contribution in [1.29, 1.82) is 5.26 Å². The molecule has 1 fully saturated rings. The summed E-state index contributed by atoms with van der Waals surface area (Å²) in [6.45, 7) is 0.356. The van der Waals surface area contributed by atoms with Gasteiger partial charge in [-0.25, -0.2) is 4.39 Å². The average Bonchev–Trinajstić information content (AvgIpc) is 3.43. The van der Waals surface area contributed by atoms with E-state index in [2.05, 4.69) is 21.2 Å². The van der Waals surface area contributed by atoms with E-state index in [4.69, 9.17) is 0 Å². The van der Waals surface area contributed by atoms with Crippen molar-refractivity contribution in [3.05, 3.63) is 75.7 Å². The molecule has 1 heterocycles. The predicted molar refractivity (Wildman–Crippen MR) is 110 cm³/mol. The van der Waals surface area contributed by atoms with E-state index in [1.807, 2.05) is 35.0 Å². The summed E-state index contributed by atoms with van der Waals surface area (Å²) in [6, 6.07) is 14.6. The molecule has 0 bridgehead atoms. The van der Waals surface area contributed by atoms with Crippen LogP contribution in [-0.4, -0.2) is 16.5 Å². The molecule has 1 aromatic heterocycles. The van der Waals surface area contributed by atoms with Crippen LogP contribution in [0.2, 0.25) is 0 Å². The molecule has 28 heavy (non-hydrogen) atoms. The number of benzene rings is 2. The van der Waals surface area contributed by atoms with E-state index in [0.29, 0.717) is 12.1 Å². The van der Waals surface area contributed by atoms with Gasteiger partial charge >= 0.3 is 0 Å². The molecule has 6 heteroatoms. The van der Waals surface area contributed by atoms with Crippen molar-refractivity contribution in [3.63, 3.8) is 0 Å². The minimum Gasteiger partial charge on any atom is -0.349 e. The normalized spacial score (nSPS) is 14.1. The molecule has 3 aromatic rings. The first-order valence-corrected chi connectivity index (χ1v) is 9.79. The highest BCUT2D eigenvalue weighted by atomic mass is 79.9. The second kappa shape index (κ2) is 7.61. The van der Waals surface area contributed by atoms with Crippen molar-refractivity contribution < 1.29 is 9.18 Å². The van der Waals surface area contributed by atoms with Gasteiger partial charge in [0.05, 0.1) is 6.54 Å². The summed E-state index contributed by atoms with van der Waals surface area (Å²) in [6.07, 6.45) is 5.37. The number of nitrogens with one attached hydrogen (secondary N) is 1. The van der Waals surface area contributed by atoms with Crippen LogP contribution >= 0.6 is 15.9 Å². The molecule has 2 aromatic carbocycles. The lowest BCUT2D eigenvalue weighted by Crippen LogP contribution is -2.26. The quantitative estimate of drug-likeness (QED) is 0.461. The maximum Gasteiger partial charge on any atom is 0.262 e. The fraction of sp³-hybridized carbons (Fsp3) is 0.182. The van der Waals surface area contributed by atoms with Gasteiger partial charge in [0.15, 0.2) is 0 Å². The van der Waals surface area contributed by atoms with Crippen molar-refractivity contribution in [1.82, 2.24) is 9.88 Å². The van der Waals surface area contributed by atoms with Crippen molar-refractivity contribution in [2.24, 2.45) is 0 Å². The summed E-state index contributed by atoms with van der Waals surface area (Å²) in [5.41, 5.74) is 2.29. The van der Waals surface area contributed by atoms with Crippen LogP contribution in [0, 0.1) is 17.1 Å². The molecular weight excluding hydrogens is 421 g/mol. The van der Waals surface area contributed by atoms with Gasteiger partial charge in [0.25, 0.3) is 5.91 Å². The molecule has 0 spiro atoms. The number of fused-ring (bicyclic) bond motifs is 1. The van der Waals surface area contributed by atoms with Crippen LogP contribution in [0.15, 0.2) is 58.7 Å². The fourth-order valence-corrected chi connectivity index (χ4v) is 3.51. The highest BCUT2D eigenvalue weighted by molar-refractivity contribution is 9.10. The number of aromatic nitrogens is 1. The maximum absolute atomic E-state index is 14.1. The lowest BCUT2D eigenvalue weighted by Gasteiger charge is -2.06. The van der Waals surface area contributed by atoms with Gasteiger partial charge in [0, 0.05) is 38.7 Å². The van der Waals surface area contributed by atoms with E-state index in [9.17, 15) is 14.4 Å². The number of halogens is 2. The van der Waals surface area contributed by atoms with E-state index in [1.54, 1.807) is 24.3 Å². The second-order valence-corrected chi connectivity index (χ2v) is 7.80. The minimum absolute atomic E-state index is 0.0665. The molecule has 1 saturated carbocycles. The van der Waals surface area contributed by atoms with E-state index < -0.39 is 0 Å². The largest absolute Gasteiger partial charge is 0.349 e. The number of nitriles is 1. The van der Waals surface area contributed by atoms with Gasteiger partial charge in [-0.05, 0) is 43.2 Å². The number of hydrogen-bond donors (Lipinski definition) is 1. The van der Waals surface area contributed by atoms with Crippen molar-refractivity contribution >= 4 is 38.8 Å². The zero-order chi connectivity index (χ0) is 19.7. The van der Waals surface area contributed by atoms with Crippen LogP contribution in [0.3, 0.4) is 0 Å². The van der Waals surface area contributed by atoms with E-state index >= 15 is 0 Å². The number of rotatable bonds is 5. The smallest absolute Gasteiger partial charge is 0.262 e. The SMILES string of the molecule is N#C/C(=C\c1cn(Cc2ccccc2F)c2ccc(Br)cc12)C(=O)NC1CC1. The number of nitrogens with zero attached hydrogens (tertiary/aromatic N) is 2. The summed E-state index contributed by atoms with van der Waals surface area (Å²) in [5, 5.41) is 13.2. The van der Waals surface area contributed by atoms with Gasteiger partial charge in [-0.3, -0.25) is 4.79 Å². The van der Waals surface area contributed by atoms with Crippen LogP contribution < -0.4 is 5.32 Å². The number of hydrogen-bond acceptors (Lipinski definition) is 2. The summed E-state index contributed by atoms with van der Waals surface area (Å²) >= 11 is 3.47. The Morgan fingerprint density at radius 1 is 1.32 bits per heavy atom. The third kappa shape index (κ3) is 3.85. The van der Waals surface area contributed by atoms with E-state index in [-0.39, 0.29) is 23.3 Å². The van der Waals surface area contributed by atoms with Crippen molar-refractivity contribution in [2.75, 3.05) is 0 Å². The molecule has 0 atom stereocenters. The molecule has 0 aliphatic heterocycles. The van der Waals surface area contributed by atoms with Gasteiger partial charge in [-0.1, -0.05) is 34.1 Å². The molecule has 1 amide bonds. The minimum atomic E-state index is -0.352. The number of amides is 1. The first-order valence-electron chi connectivity index (χ1n) is 8.99. The van der Waals surface area contributed by atoms with E-state index in [1.165, 1.54) is 6.07 Å². The molecular formula is C22H17BrFN3O. The summed E-state index contributed by atoms with van der Waals surface area (Å²) < 4.78 is 16.9. The molecule has 1 N–H and O–H groups in total. The van der Waals surface area contributed by atoms with Gasteiger partial charge in [0.2, 0.25) is 0 Å². The lowest BCUT2D eigenvalue weighted by molar-refractivity contribution is -0.117. The Balaban J connectivity index is 1.76. The fourth-order valence-electron chi connectivity index (χ4n) is 3.15. The molecule has 1 aliphatic carbocycles. The zero-order valence-corrected chi connectivity index (χ0v) is 16.5. The topological polar surface area (TPSA) is 57.8 Å². The number of carbonyl (C=O) groups is 1. The highest BCUT2D eigenvalue weighted by Crippen LogP contribution is 2.28. The first-order chi connectivity index (χ1) is 13.5. The molecule has 140 valence electrons. The molecule has 0 unspecified atom stereocenters. The van der Waals surface area contributed by atoms with Gasteiger partial charge in [-0.2, -0.15) is 5.26 Å². The third-order valence-corrected chi connectivity index (χ3v) is 5.24. The van der Waals surface area contributed by atoms with Crippen LogP contribution in [0.25, 0.3) is 17.0 Å². The van der Waals surface area contributed by atoms with Gasteiger partial charge in [-0.15, -0.1) is 0 Å². The third-order valence-electron chi connectivity index (χ3n) is 4.75. The Morgan fingerprint density at radius 3 is 2.82 bits per heavy atom. The van der Waals surface area contributed by atoms with E-state index in [0.717, 1.165) is 33.8 Å². The standard InChI is InChI=1S/C22H17BrFN3O/c23-17-5-8-21-19(10-17)16(9-15(11-25)22(28)26-18-6-7-18)13-27(21)12-14-3-1-2-4-20(14)24/h1-5,8-10,13,18H,6-7,12H2,(H,26,28)/b15-9+. The Morgan fingerprint density at radius 2 is 2.11 bits per heavy atom. The first kappa shape index (κ1) is 18.5. The van der Waals surface area contributed by atoms with Gasteiger partial charge < -0.3 is 9.88 Å². The molecule has 4 nitrogen and oxygen atoms in total. The monoisotopic (exact) mass is 437 g/mol. The average molecular weight is 438 g/mol. The summed E-state index contributed by atoms with van der Waals surface area (Å²) in [7, 11) is 0. The molecule has 0 saturated heterocycles. The summed E-state index contributed by atoms with van der Waals surface area (Å²) in [5.74, 6) is -0.616. The van der Waals surface area contributed by atoms with Crippen LogP contribution in [-0.2, 0) is 11.3 Å². The maximum atomic E-state index is 14.1. The summed E-state index contributed by atoms with van der Waals surface area (Å²) in [4.78, 5) is 12.3. The lowest BCUT2D eigenvalue weighted by atomic mass is 10.1. The second-order valence-electron chi connectivity index (χ2n) is 6.88. The predicted octanol–water partition coefficient (Wildman–Crippen LogP) is 4.78. The van der Waals surface area contributed by atoms with Crippen LogP contribution in [0.4, 0.5) is 4.39 Å². The van der Waals surface area contributed by atoms with Crippen molar-refractivity contribution in [3.8, 4) is 6.07 Å².